The first kappa shape index (κ1) is 22.2. The molecule has 29 heavy (non-hydrogen) atoms. The van der Waals surface area contributed by atoms with Crippen LogP contribution in [0.25, 0.3) is 11.4 Å². The average Bonchev–Trinajstić information content (AvgIpc) is 3.08. The highest BCUT2D eigenvalue weighted by Crippen LogP contribution is 2.26. The van der Waals surface area contributed by atoms with Crippen LogP contribution >= 0.6 is 12.4 Å². The molecular formula is C21H25ClN4O3. The van der Waals surface area contributed by atoms with Gasteiger partial charge in [-0.05, 0) is 35.7 Å². The first-order valence-electron chi connectivity index (χ1n) is 8.93. The van der Waals surface area contributed by atoms with Crippen molar-refractivity contribution in [3.05, 3.63) is 53.9 Å². The zero-order valence-electron chi connectivity index (χ0n) is 16.9. The number of carbonyl (C=O) groups is 1. The Morgan fingerprint density at radius 1 is 1.21 bits per heavy atom. The SMILES string of the molecule is COc1ccc(NC(=O)c2cccc(-c3noc(CC(C)(C)C)n3)c2)cc1N.Cl. The third-order valence-corrected chi connectivity index (χ3v) is 4.02. The molecule has 0 saturated carbocycles. The Balaban J connectivity index is 0.00000300. The Labute approximate surface area is 176 Å². The molecule has 3 N–H and O–H groups in total. The summed E-state index contributed by atoms with van der Waals surface area (Å²) in [7, 11) is 1.54. The lowest BCUT2D eigenvalue weighted by molar-refractivity contribution is 0.102. The van der Waals surface area contributed by atoms with Crippen molar-refractivity contribution in [2.75, 3.05) is 18.2 Å². The van der Waals surface area contributed by atoms with Crippen molar-refractivity contribution in [1.82, 2.24) is 10.1 Å². The molecule has 0 bridgehead atoms. The van der Waals surface area contributed by atoms with Gasteiger partial charge in [-0.25, -0.2) is 0 Å². The van der Waals surface area contributed by atoms with E-state index in [4.69, 9.17) is 15.0 Å². The Hall–Kier alpha value is -3.06. The lowest BCUT2D eigenvalue weighted by atomic mass is 9.92. The van der Waals surface area contributed by atoms with E-state index < -0.39 is 0 Å². The van der Waals surface area contributed by atoms with Crippen molar-refractivity contribution in [3.63, 3.8) is 0 Å². The number of aromatic nitrogens is 2. The Kier molecular flexibility index (Phi) is 6.87. The fourth-order valence-electron chi connectivity index (χ4n) is 2.71. The molecule has 2 aromatic carbocycles. The molecule has 0 unspecified atom stereocenters. The number of rotatable bonds is 5. The summed E-state index contributed by atoms with van der Waals surface area (Å²) in [4.78, 5) is 17.0. The van der Waals surface area contributed by atoms with E-state index in [-0.39, 0.29) is 23.7 Å². The second kappa shape index (κ2) is 8.96. The fourth-order valence-corrected chi connectivity index (χ4v) is 2.71. The largest absolute Gasteiger partial charge is 0.495 e. The molecule has 1 amide bonds. The van der Waals surface area contributed by atoms with Gasteiger partial charge in [0, 0.05) is 23.2 Å². The van der Waals surface area contributed by atoms with Gasteiger partial charge in [-0.1, -0.05) is 38.1 Å². The normalized spacial score (nSPS) is 10.9. The number of methoxy groups -OCH3 is 1. The van der Waals surface area contributed by atoms with Gasteiger partial charge < -0.3 is 20.3 Å². The summed E-state index contributed by atoms with van der Waals surface area (Å²) in [6.07, 6.45) is 0.680. The molecule has 0 atom stereocenters. The van der Waals surface area contributed by atoms with E-state index in [9.17, 15) is 4.79 Å². The highest BCUT2D eigenvalue weighted by atomic mass is 35.5. The predicted octanol–water partition coefficient (Wildman–Crippen LogP) is 4.59. The molecule has 3 aromatic rings. The minimum Gasteiger partial charge on any atom is -0.495 e. The molecule has 3 rings (SSSR count). The molecule has 0 radical (unpaired) electrons. The van der Waals surface area contributed by atoms with Crippen molar-refractivity contribution in [2.24, 2.45) is 5.41 Å². The van der Waals surface area contributed by atoms with E-state index >= 15 is 0 Å². The molecule has 0 aliphatic carbocycles. The van der Waals surface area contributed by atoms with Crippen LogP contribution < -0.4 is 15.8 Å². The number of hydrogen-bond donors (Lipinski definition) is 2. The van der Waals surface area contributed by atoms with Crippen LogP contribution in [0.5, 0.6) is 5.75 Å². The number of hydrogen-bond acceptors (Lipinski definition) is 6. The van der Waals surface area contributed by atoms with E-state index in [1.54, 1.807) is 43.5 Å². The number of nitrogens with two attached hydrogens (primary N) is 1. The first-order chi connectivity index (χ1) is 13.2. The first-order valence-corrected chi connectivity index (χ1v) is 8.93. The van der Waals surface area contributed by atoms with E-state index in [0.717, 1.165) is 0 Å². The minimum atomic E-state index is -0.259. The van der Waals surface area contributed by atoms with Crippen LogP contribution in [0.3, 0.4) is 0 Å². The molecular weight excluding hydrogens is 392 g/mol. The maximum Gasteiger partial charge on any atom is 0.255 e. The number of amides is 1. The number of nitrogens with zero attached hydrogens (tertiary/aromatic N) is 2. The molecule has 0 aliphatic rings. The summed E-state index contributed by atoms with van der Waals surface area (Å²) in [6, 6.07) is 12.2. The summed E-state index contributed by atoms with van der Waals surface area (Å²) >= 11 is 0. The smallest absolute Gasteiger partial charge is 0.255 e. The second-order valence-corrected chi connectivity index (χ2v) is 7.74. The molecule has 1 aromatic heterocycles. The van der Waals surface area contributed by atoms with Gasteiger partial charge in [0.15, 0.2) is 0 Å². The van der Waals surface area contributed by atoms with Crippen molar-refractivity contribution in [2.45, 2.75) is 27.2 Å². The summed E-state index contributed by atoms with van der Waals surface area (Å²) in [6.45, 7) is 6.31. The number of anilines is 2. The van der Waals surface area contributed by atoms with Crippen LogP contribution in [0, 0.1) is 5.41 Å². The highest BCUT2D eigenvalue weighted by molar-refractivity contribution is 6.05. The van der Waals surface area contributed by atoms with Crippen molar-refractivity contribution >= 4 is 29.7 Å². The molecule has 8 heteroatoms. The van der Waals surface area contributed by atoms with Gasteiger partial charge in [-0.15, -0.1) is 12.4 Å². The van der Waals surface area contributed by atoms with Crippen LogP contribution in [0.4, 0.5) is 11.4 Å². The summed E-state index contributed by atoms with van der Waals surface area (Å²) < 4.78 is 10.5. The molecule has 0 saturated heterocycles. The Bertz CT molecular complexity index is 996. The molecule has 0 spiro atoms. The minimum absolute atomic E-state index is 0. The summed E-state index contributed by atoms with van der Waals surface area (Å²) in [5.41, 5.74) is 8.17. The predicted molar refractivity (Wildman–Crippen MR) is 116 cm³/mol. The van der Waals surface area contributed by atoms with Crippen LogP contribution in [0.1, 0.15) is 37.0 Å². The number of benzene rings is 2. The lowest BCUT2D eigenvalue weighted by Crippen LogP contribution is -2.12. The highest BCUT2D eigenvalue weighted by Gasteiger charge is 2.18. The second-order valence-electron chi connectivity index (χ2n) is 7.74. The Morgan fingerprint density at radius 2 is 1.97 bits per heavy atom. The van der Waals surface area contributed by atoms with Gasteiger partial charge >= 0.3 is 0 Å². The maximum atomic E-state index is 12.6. The molecule has 0 aliphatic heterocycles. The number of ether oxygens (including phenoxy) is 1. The van der Waals surface area contributed by atoms with Gasteiger partial charge in [-0.2, -0.15) is 4.98 Å². The summed E-state index contributed by atoms with van der Waals surface area (Å²) in [5.74, 6) is 1.33. The van der Waals surface area contributed by atoms with Crippen LogP contribution in [-0.2, 0) is 6.42 Å². The van der Waals surface area contributed by atoms with E-state index in [1.165, 1.54) is 0 Å². The van der Waals surface area contributed by atoms with Crippen LogP contribution in [0.2, 0.25) is 0 Å². The maximum absolute atomic E-state index is 12.6. The van der Waals surface area contributed by atoms with Crippen molar-refractivity contribution in [1.29, 1.82) is 0 Å². The number of nitrogen functional groups attached to an aromatic ring is 1. The average molecular weight is 417 g/mol. The molecule has 7 nitrogen and oxygen atoms in total. The monoisotopic (exact) mass is 416 g/mol. The van der Waals surface area contributed by atoms with Crippen molar-refractivity contribution in [3.8, 4) is 17.1 Å². The van der Waals surface area contributed by atoms with E-state index in [0.29, 0.717) is 46.4 Å². The number of carbonyl (C=O) groups excluding carboxylic acids is 1. The quantitative estimate of drug-likeness (QED) is 0.589. The van der Waals surface area contributed by atoms with Gasteiger partial charge in [0.1, 0.15) is 5.75 Å². The lowest BCUT2D eigenvalue weighted by Gasteiger charge is -2.13. The Morgan fingerprint density at radius 3 is 2.62 bits per heavy atom. The van der Waals surface area contributed by atoms with Crippen LogP contribution in [-0.4, -0.2) is 23.2 Å². The van der Waals surface area contributed by atoms with Crippen LogP contribution in [0.15, 0.2) is 47.0 Å². The van der Waals surface area contributed by atoms with Gasteiger partial charge in [0.05, 0.1) is 12.8 Å². The third kappa shape index (κ3) is 5.71. The van der Waals surface area contributed by atoms with Crippen molar-refractivity contribution < 1.29 is 14.1 Å². The van der Waals surface area contributed by atoms with Gasteiger partial charge in [-0.3, -0.25) is 4.79 Å². The zero-order valence-corrected chi connectivity index (χ0v) is 17.7. The zero-order chi connectivity index (χ0) is 20.3. The summed E-state index contributed by atoms with van der Waals surface area (Å²) in [5, 5.41) is 6.86. The van der Waals surface area contributed by atoms with Gasteiger partial charge in [0.25, 0.3) is 5.91 Å². The standard InChI is InChI=1S/C21H24N4O3.ClH/c1-21(2,3)12-18-24-19(25-28-18)13-6-5-7-14(10-13)20(26)23-15-8-9-17(27-4)16(22)11-15;/h5-11H,12,22H2,1-4H3,(H,23,26);1H. The number of nitrogens with one attached hydrogen (secondary N) is 1. The third-order valence-electron chi connectivity index (χ3n) is 4.02. The van der Waals surface area contributed by atoms with E-state index in [2.05, 4.69) is 36.2 Å². The topological polar surface area (TPSA) is 103 Å². The molecule has 154 valence electrons. The van der Waals surface area contributed by atoms with Gasteiger partial charge in [0.2, 0.25) is 11.7 Å². The molecule has 1 heterocycles. The number of halogens is 1. The molecule has 0 fully saturated rings. The fraction of sp³-hybridized carbons (Fsp3) is 0.286. The van der Waals surface area contributed by atoms with E-state index in [1.807, 2.05) is 6.07 Å².